The van der Waals surface area contributed by atoms with E-state index in [1.807, 2.05) is 0 Å². The molecule has 2 heterocycles. The standard InChI is InChI=1S/C16H21N3O3S/c1-11(8-12-4-3-7-22-12)19-16-14-9-13(23(2,20)21)5-6-15(14)17-10-18-16/h5-6,9-12H,3-4,7-8H2,1-2H3,(H,17,18,19). The van der Waals surface area contributed by atoms with Gasteiger partial charge in [0.2, 0.25) is 0 Å². The van der Waals surface area contributed by atoms with Crippen LogP contribution in [0.1, 0.15) is 26.2 Å². The first-order valence-electron chi connectivity index (χ1n) is 7.76. The van der Waals surface area contributed by atoms with E-state index in [1.165, 1.54) is 12.6 Å². The van der Waals surface area contributed by atoms with E-state index in [0.717, 1.165) is 36.8 Å². The van der Waals surface area contributed by atoms with E-state index < -0.39 is 9.84 Å². The van der Waals surface area contributed by atoms with Crippen LogP contribution in [0.4, 0.5) is 5.82 Å². The van der Waals surface area contributed by atoms with Crippen LogP contribution in [-0.4, -0.2) is 43.4 Å². The number of rotatable bonds is 5. The first-order valence-corrected chi connectivity index (χ1v) is 9.65. The molecule has 0 saturated carbocycles. The molecule has 124 valence electrons. The largest absolute Gasteiger partial charge is 0.378 e. The van der Waals surface area contributed by atoms with Crippen LogP contribution in [0.2, 0.25) is 0 Å². The Hall–Kier alpha value is -1.73. The summed E-state index contributed by atoms with van der Waals surface area (Å²) >= 11 is 0. The third-order valence-corrected chi connectivity index (χ3v) is 5.17. The first-order chi connectivity index (χ1) is 10.9. The molecule has 0 radical (unpaired) electrons. The number of fused-ring (bicyclic) bond motifs is 1. The maximum Gasteiger partial charge on any atom is 0.175 e. The summed E-state index contributed by atoms with van der Waals surface area (Å²) in [6, 6.07) is 5.09. The highest BCUT2D eigenvalue weighted by Gasteiger charge is 2.19. The van der Waals surface area contributed by atoms with Crippen LogP contribution in [0, 0.1) is 0 Å². The third kappa shape index (κ3) is 3.79. The predicted molar refractivity (Wildman–Crippen MR) is 89.3 cm³/mol. The molecular formula is C16H21N3O3S. The lowest BCUT2D eigenvalue weighted by Crippen LogP contribution is -2.22. The summed E-state index contributed by atoms with van der Waals surface area (Å²) in [5.41, 5.74) is 0.721. The van der Waals surface area contributed by atoms with Gasteiger partial charge in [-0.1, -0.05) is 0 Å². The number of aromatic nitrogens is 2. The fraction of sp³-hybridized carbons (Fsp3) is 0.500. The number of anilines is 1. The van der Waals surface area contributed by atoms with Crippen molar-refractivity contribution in [2.75, 3.05) is 18.2 Å². The van der Waals surface area contributed by atoms with Crippen LogP contribution in [0.3, 0.4) is 0 Å². The van der Waals surface area contributed by atoms with E-state index in [-0.39, 0.29) is 17.0 Å². The number of nitrogens with zero attached hydrogens (tertiary/aromatic N) is 2. The van der Waals surface area contributed by atoms with E-state index in [2.05, 4.69) is 22.2 Å². The van der Waals surface area contributed by atoms with Crippen LogP contribution in [0.25, 0.3) is 10.9 Å². The third-order valence-electron chi connectivity index (χ3n) is 4.06. The Morgan fingerprint density at radius 1 is 1.39 bits per heavy atom. The maximum absolute atomic E-state index is 11.8. The van der Waals surface area contributed by atoms with E-state index >= 15 is 0 Å². The van der Waals surface area contributed by atoms with Gasteiger partial charge < -0.3 is 10.1 Å². The van der Waals surface area contributed by atoms with Gasteiger partial charge in [-0.2, -0.15) is 0 Å². The average molecular weight is 335 g/mol. The average Bonchev–Trinajstić information content (AvgIpc) is 2.99. The lowest BCUT2D eigenvalue weighted by Gasteiger charge is -2.19. The summed E-state index contributed by atoms with van der Waals surface area (Å²) < 4.78 is 29.2. The minimum absolute atomic E-state index is 0.179. The predicted octanol–water partition coefficient (Wildman–Crippen LogP) is 2.40. The molecule has 7 heteroatoms. The molecule has 1 fully saturated rings. The quantitative estimate of drug-likeness (QED) is 0.903. The molecule has 0 bridgehead atoms. The molecule has 23 heavy (non-hydrogen) atoms. The van der Waals surface area contributed by atoms with Gasteiger partial charge in [0, 0.05) is 24.3 Å². The number of sulfone groups is 1. The lowest BCUT2D eigenvalue weighted by molar-refractivity contribution is 0.101. The Bertz CT molecular complexity index is 801. The monoisotopic (exact) mass is 335 g/mol. The molecule has 0 aliphatic carbocycles. The van der Waals surface area contributed by atoms with Crippen molar-refractivity contribution >= 4 is 26.6 Å². The fourth-order valence-electron chi connectivity index (χ4n) is 2.90. The number of ether oxygens (including phenoxy) is 1. The number of hydrogen-bond donors (Lipinski definition) is 1. The van der Waals surface area contributed by atoms with Crippen molar-refractivity contribution in [3.05, 3.63) is 24.5 Å². The summed E-state index contributed by atoms with van der Waals surface area (Å²) in [5, 5.41) is 4.08. The summed E-state index contributed by atoms with van der Waals surface area (Å²) in [6.45, 7) is 2.92. The Morgan fingerprint density at radius 2 is 2.22 bits per heavy atom. The van der Waals surface area contributed by atoms with Crippen LogP contribution in [0.5, 0.6) is 0 Å². The van der Waals surface area contributed by atoms with Gasteiger partial charge in [-0.05, 0) is 44.4 Å². The number of hydrogen-bond acceptors (Lipinski definition) is 6. The molecule has 0 spiro atoms. The zero-order valence-corrected chi connectivity index (χ0v) is 14.1. The minimum Gasteiger partial charge on any atom is -0.378 e. The molecule has 1 aromatic heterocycles. The van der Waals surface area contributed by atoms with Gasteiger partial charge in [0.25, 0.3) is 0 Å². The van der Waals surface area contributed by atoms with Gasteiger partial charge in [0.15, 0.2) is 9.84 Å². The van der Waals surface area contributed by atoms with Gasteiger partial charge in [-0.15, -0.1) is 0 Å². The van der Waals surface area contributed by atoms with Gasteiger partial charge in [0.05, 0.1) is 16.5 Å². The molecular weight excluding hydrogens is 314 g/mol. The van der Waals surface area contributed by atoms with E-state index in [4.69, 9.17) is 4.74 Å². The molecule has 1 aliphatic heterocycles. The van der Waals surface area contributed by atoms with Gasteiger partial charge in [-0.3, -0.25) is 0 Å². The maximum atomic E-state index is 11.8. The fourth-order valence-corrected chi connectivity index (χ4v) is 3.55. The van der Waals surface area contributed by atoms with Crippen LogP contribution in [0.15, 0.2) is 29.4 Å². The van der Waals surface area contributed by atoms with Crippen LogP contribution < -0.4 is 5.32 Å². The smallest absolute Gasteiger partial charge is 0.175 e. The summed E-state index contributed by atoms with van der Waals surface area (Å²) in [4.78, 5) is 8.76. The normalized spacial score (nSPS) is 19.8. The summed E-state index contributed by atoms with van der Waals surface area (Å²) in [6.07, 6.45) is 6.09. The second kappa shape index (κ2) is 6.41. The molecule has 3 rings (SSSR count). The molecule has 1 N–H and O–H groups in total. The highest BCUT2D eigenvalue weighted by atomic mass is 32.2. The summed E-state index contributed by atoms with van der Waals surface area (Å²) in [7, 11) is -3.26. The number of nitrogens with one attached hydrogen (secondary N) is 1. The van der Waals surface area contributed by atoms with Crippen molar-refractivity contribution in [2.24, 2.45) is 0 Å². The first kappa shape index (κ1) is 16.1. The molecule has 1 saturated heterocycles. The molecule has 0 amide bonds. The molecule has 2 aromatic rings. The SMILES string of the molecule is CC(CC1CCCO1)Nc1ncnc2ccc(S(C)(=O)=O)cc12. The van der Waals surface area contributed by atoms with Gasteiger partial charge in [-0.25, -0.2) is 18.4 Å². The van der Waals surface area contributed by atoms with Crippen molar-refractivity contribution in [1.29, 1.82) is 0 Å². The Balaban J connectivity index is 1.87. The van der Waals surface area contributed by atoms with E-state index in [0.29, 0.717) is 5.82 Å². The molecule has 1 aliphatic rings. The van der Waals surface area contributed by atoms with Gasteiger partial charge >= 0.3 is 0 Å². The molecule has 6 nitrogen and oxygen atoms in total. The Labute approximate surface area is 136 Å². The van der Waals surface area contributed by atoms with Crippen molar-refractivity contribution in [3.63, 3.8) is 0 Å². The van der Waals surface area contributed by atoms with Crippen molar-refractivity contribution in [1.82, 2.24) is 9.97 Å². The summed E-state index contributed by atoms with van der Waals surface area (Å²) in [5.74, 6) is 0.658. The number of benzene rings is 1. The zero-order valence-electron chi connectivity index (χ0n) is 13.3. The highest BCUT2D eigenvalue weighted by molar-refractivity contribution is 7.90. The van der Waals surface area contributed by atoms with Crippen molar-refractivity contribution in [2.45, 2.75) is 43.2 Å². The minimum atomic E-state index is -3.26. The van der Waals surface area contributed by atoms with Crippen LogP contribution >= 0.6 is 0 Å². The second-order valence-electron chi connectivity index (χ2n) is 6.09. The molecule has 2 atom stereocenters. The lowest BCUT2D eigenvalue weighted by atomic mass is 10.1. The Kier molecular flexibility index (Phi) is 4.50. The van der Waals surface area contributed by atoms with E-state index in [9.17, 15) is 8.42 Å². The second-order valence-corrected chi connectivity index (χ2v) is 8.11. The van der Waals surface area contributed by atoms with E-state index in [1.54, 1.807) is 18.2 Å². The van der Waals surface area contributed by atoms with Gasteiger partial charge in [0.1, 0.15) is 12.1 Å². The topological polar surface area (TPSA) is 81.2 Å². The zero-order chi connectivity index (χ0) is 16.4. The van der Waals surface area contributed by atoms with Crippen LogP contribution in [-0.2, 0) is 14.6 Å². The highest BCUT2D eigenvalue weighted by Crippen LogP contribution is 2.25. The molecule has 2 unspecified atom stereocenters. The molecule has 1 aromatic carbocycles. The van der Waals surface area contributed by atoms with Crippen molar-refractivity contribution in [3.8, 4) is 0 Å². The van der Waals surface area contributed by atoms with Crippen molar-refractivity contribution < 1.29 is 13.2 Å². The Morgan fingerprint density at radius 3 is 2.91 bits per heavy atom.